The molecule has 1 aliphatic rings. The van der Waals surface area contributed by atoms with Gasteiger partial charge in [0.15, 0.2) is 9.84 Å². The molecule has 1 saturated carbocycles. The molecular weight excluding hydrogens is 596 g/mol. The standard InChI is InChI=1S/C31H34ClF2N5O3S/c1-5-21-28(34)22(14-18-16-35-31(38-29(18)21)36-19-10-12-20(13-11-19)39(2)3)23-15-25(33)26(37-30(23)42-4)17-43(40,41)27-9-7-6-8-24(27)32/h6-9,14-16,19-20H,5,10-13,17H2,1-4H3,(H,35,36,38). The van der Waals surface area contributed by atoms with E-state index in [9.17, 15) is 8.42 Å². The Bertz CT molecular complexity index is 1760. The second-order valence-electron chi connectivity index (χ2n) is 11.0. The van der Waals surface area contributed by atoms with Gasteiger partial charge in [0.2, 0.25) is 11.8 Å². The van der Waals surface area contributed by atoms with Gasteiger partial charge in [0.1, 0.15) is 17.4 Å². The highest BCUT2D eigenvalue weighted by atomic mass is 35.5. The predicted molar refractivity (Wildman–Crippen MR) is 164 cm³/mol. The van der Waals surface area contributed by atoms with Gasteiger partial charge in [0.05, 0.1) is 28.2 Å². The largest absolute Gasteiger partial charge is 0.481 e. The molecule has 1 aliphatic carbocycles. The molecular formula is C31H34ClF2N5O3S. The molecule has 0 amide bonds. The molecule has 0 atom stereocenters. The maximum atomic E-state index is 16.1. The van der Waals surface area contributed by atoms with E-state index in [1.807, 2.05) is 6.92 Å². The number of aryl methyl sites for hydroxylation is 1. The topological polar surface area (TPSA) is 97.3 Å². The van der Waals surface area contributed by atoms with E-state index in [0.29, 0.717) is 34.9 Å². The highest BCUT2D eigenvalue weighted by Gasteiger charge is 2.26. The third-order valence-corrected chi connectivity index (χ3v) is 10.1. The number of nitrogens with zero attached hydrogens (tertiary/aromatic N) is 4. The summed E-state index contributed by atoms with van der Waals surface area (Å²) in [6.45, 7) is 1.82. The molecule has 1 N–H and O–H groups in total. The van der Waals surface area contributed by atoms with Crippen LogP contribution in [0.3, 0.4) is 0 Å². The molecule has 2 aromatic carbocycles. The molecule has 0 radical (unpaired) electrons. The molecule has 12 heteroatoms. The lowest BCUT2D eigenvalue weighted by Gasteiger charge is -2.33. The predicted octanol–water partition coefficient (Wildman–Crippen LogP) is 6.45. The van der Waals surface area contributed by atoms with Crippen molar-refractivity contribution in [3.63, 3.8) is 0 Å². The Morgan fingerprint density at radius 3 is 2.44 bits per heavy atom. The molecule has 0 aliphatic heterocycles. The highest BCUT2D eigenvalue weighted by molar-refractivity contribution is 7.90. The van der Waals surface area contributed by atoms with Crippen LogP contribution in [0.5, 0.6) is 5.88 Å². The Balaban J connectivity index is 1.48. The number of hydrogen-bond acceptors (Lipinski definition) is 8. The van der Waals surface area contributed by atoms with E-state index in [1.165, 1.54) is 31.4 Å². The van der Waals surface area contributed by atoms with Crippen LogP contribution >= 0.6 is 11.6 Å². The first-order valence-corrected chi connectivity index (χ1v) is 16.2. The molecule has 4 aromatic rings. The maximum Gasteiger partial charge on any atom is 0.223 e. The zero-order valence-corrected chi connectivity index (χ0v) is 26.1. The van der Waals surface area contributed by atoms with Crippen molar-refractivity contribution in [2.75, 3.05) is 26.5 Å². The van der Waals surface area contributed by atoms with Crippen molar-refractivity contribution >= 4 is 38.3 Å². The van der Waals surface area contributed by atoms with Crippen LogP contribution in [-0.2, 0) is 22.0 Å². The van der Waals surface area contributed by atoms with Gasteiger partial charge in [-0.15, -0.1) is 0 Å². The van der Waals surface area contributed by atoms with Gasteiger partial charge in [-0.2, -0.15) is 0 Å². The Morgan fingerprint density at radius 1 is 1.07 bits per heavy atom. The van der Waals surface area contributed by atoms with Crippen LogP contribution in [0.1, 0.15) is 43.9 Å². The van der Waals surface area contributed by atoms with Crippen molar-refractivity contribution < 1.29 is 21.9 Å². The van der Waals surface area contributed by atoms with Crippen molar-refractivity contribution in [3.8, 4) is 17.0 Å². The third-order valence-electron chi connectivity index (χ3n) is 8.01. The van der Waals surface area contributed by atoms with E-state index in [1.54, 1.807) is 12.3 Å². The normalized spacial score (nSPS) is 17.4. The summed E-state index contributed by atoms with van der Waals surface area (Å²) in [7, 11) is 1.48. The maximum absolute atomic E-state index is 16.1. The summed E-state index contributed by atoms with van der Waals surface area (Å²) in [6.07, 6.45) is 6.09. The van der Waals surface area contributed by atoms with E-state index in [2.05, 4.69) is 39.3 Å². The summed E-state index contributed by atoms with van der Waals surface area (Å²) in [5.41, 5.74) is 0.559. The number of nitrogens with one attached hydrogen (secondary N) is 1. The average Bonchev–Trinajstić information content (AvgIpc) is 2.98. The lowest BCUT2D eigenvalue weighted by atomic mass is 9.90. The van der Waals surface area contributed by atoms with Crippen molar-refractivity contribution in [1.82, 2.24) is 19.9 Å². The van der Waals surface area contributed by atoms with Gasteiger partial charge in [0.25, 0.3) is 0 Å². The van der Waals surface area contributed by atoms with Gasteiger partial charge < -0.3 is 15.0 Å². The molecule has 43 heavy (non-hydrogen) atoms. The van der Waals surface area contributed by atoms with Gasteiger partial charge in [-0.1, -0.05) is 30.7 Å². The zero-order chi connectivity index (χ0) is 30.9. The number of anilines is 1. The number of ether oxygens (including phenoxy) is 1. The second-order valence-corrected chi connectivity index (χ2v) is 13.3. The van der Waals surface area contributed by atoms with Crippen molar-refractivity contribution in [1.29, 1.82) is 0 Å². The molecule has 228 valence electrons. The first-order valence-electron chi connectivity index (χ1n) is 14.1. The Morgan fingerprint density at radius 2 is 1.79 bits per heavy atom. The van der Waals surface area contributed by atoms with Gasteiger partial charge in [0, 0.05) is 40.4 Å². The molecule has 1 fully saturated rings. The fourth-order valence-electron chi connectivity index (χ4n) is 5.64. The summed E-state index contributed by atoms with van der Waals surface area (Å²) in [4.78, 5) is 15.4. The van der Waals surface area contributed by atoms with E-state index in [4.69, 9.17) is 16.3 Å². The van der Waals surface area contributed by atoms with Gasteiger partial charge in [-0.3, -0.25) is 0 Å². The molecule has 0 unspecified atom stereocenters. The summed E-state index contributed by atoms with van der Waals surface area (Å²) in [5, 5.41) is 4.01. The molecule has 8 nitrogen and oxygen atoms in total. The van der Waals surface area contributed by atoms with Crippen LogP contribution in [0.25, 0.3) is 22.0 Å². The van der Waals surface area contributed by atoms with E-state index in [0.717, 1.165) is 31.7 Å². The quantitative estimate of drug-likeness (QED) is 0.226. The number of sulfone groups is 1. The van der Waals surface area contributed by atoms with Crippen LogP contribution in [0.4, 0.5) is 14.7 Å². The fraction of sp³-hybridized carbons (Fsp3) is 0.387. The zero-order valence-electron chi connectivity index (χ0n) is 24.5. The summed E-state index contributed by atoms with van der Waals surface area (Å²) in [6, 6.07) is 9.29. The summed E-state index contributed by atoms with van der Waals surface area (Å²) in [5.74, 6) is -1.92. The lowest BCUT2D eigenvalue weighted by Crippen LogP contribution is -2.36. The van der Waals surface area contributed by atoms with Crippen LogP contribution in [-0.4, -0.2) is 61.6 Å². The number of pyridine rings is 1. The number of aromatic nitrogens is 3. The number of fused-ring (bicyclic) bond motifs is 1. The van der Waals surface area contributed by atoms with E-state index < -0.39 is 27.2 Å². The monoisotopic (exact) mass is 629 g/mol. The van der Waals surface area contributed by atoms with E-state index >= 15 is 8.78 Å². The van der Waals surface area contributed by atoms with Crippen molar-refractivity contribution in [2.24, 2.45) is 0 Å². The van der Waals surface area contributed by atoms with Crippen molar-refractivity contribution in [2.45, 2.75) is 61.8 Å². The first kappa shape index (κ1) is 31.0. The molecule has 2 heterocycles. The smallest absolute Gasteiger partial charge is 0.223 e. The number of rotatable bonds is 9. The Labute approximate surface area is 255 Å². The van der Waals surface area contributed by atoms with Crippen LogP contribution in [0.15, 0.2) is 47.5 Å². The van der Waals surface area contributed by atoms with Crippen molar-refractivity contribution in [3.05, 3.63) is 70.5 Å². The lowest BCUT2D eigenvalue weighted by molar-refractivity contribution is 0.221. The molecule has 5 rings (SSSR count). The highest BCUT2D eigenvalue weighted by Crippen LogP contribution is 2.37. The van der Waals surface area contributed by atoms with Crippen LogP contribution in [0, 0.1) is 11.6 Å². The Kier molecular flexibility index (Phi) is 9.15. The fourth-order valence-corrected chi connectivity index (χ4v) is 7.50. The average molecular weight is 630 g/mol. The number of halogens is 3. The van der Waals surface area contributed by atoms with Crippen LogP contribution < -0.4 is 10.1 Å². The minimum atomic E-state index is -4.03. The van der Waals surface area contributed by atoms with E-state index in [-0.39, 0.29) is 38.7 Å². The molecule has 2 aromatic heterocycles. The summed E-state index contributed by atoms with van der Waals surface area (Å²) >= 11 is 6.07. The number of hydrogen-bond donors (Lipinski definition) is 1. The molecule has 0 saturated heterocycles. The van der Waals surface area contributed by atoms with Gasteiger partial charge >= 0.3 is 0 Å². The number of methoxy groups -OCH3 is 1. The van der Waals surface area contributed by atoms with Gasteiger partial charge in [-0.05, 0) is 70.5 Å². The first-order chi connectivity index (χ1) is 20.5. The minimum absolute atomic E-state index is 0.0223. The number of benzene rings is 2. The SMILES string of the molecule is CCc1c(F)c(-c2cc(F)c(CS(=O)(=O)c3ccccc3Cl)nc2OC)cc2cnc(NC3CCC(N(C)C)CC3)nc12. The summed E-state index contributed by atoms with van der Waals surface area (Å²) < 4.78 is 62.9. The molecule has 0 bridgehead atoms. The minimum Gasteiger partial charge on any atom is -0.481 e. The second kappa shape index (κ2) is 12.7. The van der Waals surface area contributed by atoms with Crippen LogP contribution in [0.2, 0.25) is 5.02 Å². The van der Waals surface area contributed by atoms with Gasteiger partial charge in [-0.25, -0.2) is 32.2 Å². The third kappa shape index (κ3) is 6.44. The molecule has 0 spiro atoms. The Hall–Kier alpha value is -3.41.